The number of hydrogen-bond acceptors (Lipinski definition) is 4. The first-order valence-corrected chi connectivity index (χ1v) is 9.04. The Bertz CT molecular complexity index is 626. The number of nitrogens with two attached hydrogens (primary N) is 1. The maximum Gasteiger partial charge on any atom is 0.236 e. The Morgan fingerprint density at radius 2 is 1.88 bits per heavy atom. The summed E-state index contributed by atoms with van der Waals surface area (Å²) in [5.41, 5.74) is 6.52. The Balaban J connectivity index is 1.62. The van der Waals surface area contributed by atoms with Gasteiger partial charge in [-0.1, -0.05) is 18.2 Å². The van der Waals surface area contributed by atoms with Crippen molar-refractivity contribution in [3.8, 4) is 5.75 Å². The number of likely N-dealkylation sites (tertiary alicyclic amines) is 2. The number of rotatable bonds is 5. The summed E-state index contributed by atoms with van der Waals surface area (Å²) in [4.78, 5) is 28.1. The van der Waals surface area contributed by atoms with E-state index in [0.29, 0.717) is 32.5 Å². The molecule has 0 aromatic heterocycles. The summed E-state index contributed by atoms with van der Waals surface area (Å²) in [6.07, 6.45) is 3.48. The van der Waals surface area contributed by atoms with E-state index in [1.807, 2.05) is 23.1 Å². The molecule has 2 fully saturated rings. The molecule has 1 aromatic carbocycles. The molecular weight excluding hydrogens is 318 g/mol. The highest BCUT2D eigenvalue weighted by Gasteiger charge is 2.32. The van der Waals surface area contributed by atoms with Gasteiger partial charge in [0.2, 0.25) is 11.8 Å². The molecule has 25 heavy (non-hydrogen) atoms. The minimum Gasteiger partial charge on any atom is -0.496 e. The van der Waals surface area contributed by atoms with Gasteiger partial charge in [0, 0.05) is 30.6 Å². The van der Waals surface area contributed by atoms with Gasteiger partial charge < -0.3 is 15.4 Å². The van der Waals surface area contributed by atoms with Gasteiger partial charge in [-0.2, -0.15) is 0 Å². The van der Waals surface area contributed by atoms with Crippen molar-refractivity contribution >= 4 is 11.8 Å². The molecule has 1 atom stereocenters. The van der Waals surface area contributed by atoms with Crippen LogP contribution in [0.25, 0.3) is 0 Å². The summed E-state index contributed by atoms with van der Waals surface area (Å²) in [5.74, 6) is 0.693. The van der Waals surface area contributed by atoms with Gasteiger partial charge in [-0.05, 0) is 38.3 Å². The lowest BCUT2D eigenvalue weighted by molar-refractivity contribution is -0.136. The summed E-state index contributed by atoms with van der Waals surface area (Å²) < 4.78 is 5.50. The van der Waals surface area contributed by atoms with Crippen molar-refractivity contribution in [1.82, 2.24) is 9.80 Å². The van der Waals surface area contributed by atoms with Crippen molar-refractivity contribution in [2.24, 2.45) is 11.7 Å². The Hall–Kier alpha value is -2.08. The maximum atomic E-state index is 12.7. The van der Waals surface area contributed by atoms with Crippen LogP contribution >= 0.6 is 0 Å². The van der Waals surface area contributed by atoms with Crippen molar-refractivity contribution in [2.45, 2.75) is 31.7 Å². The van der Waals surface area contributed by atoms with Crippen molar-refractivity contribution in [1.29, 1.82) is 0 Å². The molecule has 2 N–H and O–H groups in total. The first-order valence-electron chi connectivity index (χ1n) is 9.04. The van der Waals surface area contributed by atoms with Crippen LogP contribution in [-0.2, 0) is 9.59 Å². The molecule has 6 heteroatoms. The van der Waals surface area contributed by atoms with Gasteiger partial charge in [-0.3, -0.25) is 14.5 Å². The second-order valence-electron chi connectivity index (χ2n) is 6.93. The van der Waals surface area contributed by atoms with E-state index in [0.717, 1.165) is 30.7 Å². The van der Waals surface area contributed by atoms with Crippen LogP contribution in [-0.4, -0.2) is 54.9 Å². The maximum absolute atomic E-state index is 12.7. The molecule has 1 aromatic rings. The zero-order valence-corrected chi connectivity index (χ0v) is 14.8. The second-order valence-corrected chi connectivity index (χ2v) is 6.93. The molecule has 2 amide bonds. The molecule has 0 bridgehead atoms. The molecule has 0 radical (unpaired) electrons. The molecule has 136 valence electrons. The molecule has 6 nitrogen and oxygen atoms in total. The minimum absolute atomic E-state index is 0.0860. The molecule has 0 spiro atoms. The number of para-hydroxylation sites is 1. The van der Waals surface area contributed by atoms with Crippen molar-refractivity contribution in [3.05, 3.63) is 29.8 Å². The summed E-state index contributed by atoms with van der Waals surface area (Å²) in [6, 6.07) is 8.27. The topological polar surface area (TPSA) is 75.9 Å². The molecule has 2 aliphatic heterocycles. The Labute approximate surface area is 148 Å². The molecule has 0 unspecified atom stereocenters. The summed E-state index contributed by atoms with van der Waals surface area (Å²) in [7, 11) is 1.69. The number of nitrogens with zero attached hydrogens (tertiary/aromatic N) is 2. The normalized spacial score (nSPS) is 22.1. The van der Waals surface area contributed by atoms with E-state index in [9.17, 15) is 9.59 Å². The van der Waals surface area contributed by atoms with Gasteiger partial charge in [0.1, 0.15) is 5.75 Å². The number of methoxy groups -OCH3 is 1. The van der Waals surface area contributed by atoms with Gasteiger partial charge in [0.05, 0.1) is 13.7 Å². The SMILES string of the molecule is COc1ccccc1[C@H]1CCCN1CC(=O)N1CCC(C(N)=O)CC1. The molecule has 2 heterocycles. The second kappa shape index (κ2) is 7.87. The van der Waals surface area contributed by atoms with E-state index in [4.69, 9.17) is 10.5 Å². The summed E-state index contributed by atoms with van der Waals surface area (Å²) in [6.45, 7) is 2.59. The molecule has 0 saturated carbocycles. The lowest BCUT2D eigenvalue weighted by Gasteiger charge is -2.33. The molecular formula is C19H27N3O3. The summed E-state index contributed by atoms with van der Waals surface area (Å²) in [5, 5.41) is 0. The van der Waals surface area contributed by atoms with Crippen molar-refractivity contribution in [3.63, 3.8) is 0 Å². The van der Waals surface area contributed by atoms with Crippen LogP contribution in [0.5, 0.6) is 5.75 Å². The van der Waals surface area contributed by atoms with Gasteiger partial charge in [-0.15, -0.1) is 0 Å². The predicted octanol–water partition coefficient (Wildman–Crippen LogP) is 1.56. The number of primary amides is 1. The zero-order chi connectivity index (χ0) is 17.8. The quantitative estimate of drug-likeness (QED) is 0.879. The van der Waals surface area contributed by atoms with Crippen LogP contribution in [0.15, 0.2) is 24.3 Å². The van der Waals surface area contributed by atoms with Crippen LogP contribution in [0, 0.1) is 5.92 Å². The lowest BCUT2D eigenvalue weighted by Crippen LogP contribution is -2.45. The molecule has 2 saturated heterocycles. The monoisotopic (exact) mass is 345 g/mol. The average Bonchev–Trinajstić information content (AvgIpc) is 3.09. The lowest BCUT2D eigenvalue weighted by atomic mass is 9.96. The van der Waals surface area contributed by atoms with Crippen LogP contribution < -0.4 is 10.5 Å². The van der Waals surface area contributed by atoms with Gasteiger partial charge in [-0.25, -0.2) is 0 Å². The first kappa shape index (κ1) is 17.7. The third-order valence-corrected chi connectivity index (χ3v) is 5.45. The highest BCUT2D eigenvalue weighted by atomic mass is 16.5. The Morgan fingerprint density at radius 3 is 2.56 bits per heavy atom. The average molecular weight is 345 g/mol. The van der Waals surface area contributed by atoms with Crippen molar-refractivity contribution in [2.75, 3.05) is 33.3 Å². The van der Waals surface area contributed by atoms with E-state index < -0.39 is 0 Å². The third kappa shape index (κ3) is 3.95. The Kier molecular flexibility index (Phi) is 5.58. The minimum atomic E-state index is -0.247. The molecule has 3 rings (SSSR count). The fraction of sp³-hybridized carbons (Fsp3) is 0.579. The van der Waals surface area contributed by atoms with Gasteiger partial charge in [0.25, 0.3) is 0 Å². The Morgan fingerprint density at radius 1 is 1.16 bits per heavy atom. The number of piperidine rings is 1. The van der Waals surface area contributed by atoms with Crippen LogP contribution in [0.4, 0.5) is 0 Å². The van der Waals surface area contributed by atoms with E-state index >= 15 is 0 Å². The number of amides is 2. The number of carbonyl (C=O) groups is 2. The zero-order valence-electron chi connectivity index (χ0n) is 14.8. The summed E-state index contributed by atoms with van der Waals surface area (Å²) >= 11 is 0. The van der Waals surface area contributed by atoms with Crippen molar-refractivity contribution < 1.29 is 14.3 Å². The van der Waals surface area contributed by atoms with Crippen LogP contribution in [0.2, 0.25) is 0 Å². The number of ether oxygens (including phenoxy) is 1. The van der Waals surface area contributed by atoms with E-state index in [1.165, 1.54) is 0 Å². The van der Waals surface area contributed by atoms with E-state index in [-0.39, 0.29) is 23.8 Å². The fourth-order valence-corrected chi connectivity index (χ4v) is 4.00. The largest absolute Gasteiger partial charge is 0.496 e. The standard InChI is InChI=1S/C19H27N3O3/c1-25-17-7-3-2-5-15(17)16-6-4-10-22(16)13-18(23)21-11-8-14(9-12-21)19(20)24/h2-3,5,7,14,16H,4,6,8-13H2,1H3,(H2,20,24)/t16-/m1/s1. The highest BCUT2D eigenvalue weighted by Crippen LogP contribution is 2.36. The molecule has 2 aliphatic rings. The first-order chi connectivity index (χ1) is 12.1. The van der Waals surface area contributed by atoms with Gasteiger partial charge in [0.15, 0.2) is 0 Å². The van der Waals surface area contributed by atoms with E-state index in [2.05, 4.69) is 11.0 Å². The fourth-order valence-electron chi connectivity index (χ4n) is 4.00. The molecule has 0 aliphatic carbocycles. The highest BCUT2D eigenvalue weighted by molar-refractivity contribution is 5.80. The number of benzene rings is 1. The smallest absolute Gasteiger partial charge is 0.236 e. The van der Waals surface area contributed by atoms with Gasteiger partial charge >= 0.3 is 0 Å². The predicted molar refractivity (Wildman–Crippen MR) is 95.0 cm³/mol. The van der Waals surface area contributed by atoms with Crippen LogP contribution in [0.3, 0.4) is 0 Å². The number of hydrogen-bond donors (Lipinski definition) is 1. The van der Waals surface area contributed by atoms with Crippen LogP contribution in [0.1, 0.15) is 37.3 Å². The third-order valence-electron chi connectivity index (χ3n) is 5.45. The van der Waals surface area contributed by atoms with E-state index in [1.54, 1.807) is 7.11 Å². The number of carbonyl (C=O) groups excluding carboxylic acids is 2.